The molecule has 8 rings (SSSR count). The zero-order valence-corrected chi connectivity index (χ0v) is 51.3. The third kappa shape index (κ3) is 16.0. The van der Waals surface area contributed by atoms with E-state index in [1.54, 1.807) is 30.3 Å². The van der Waals surface area contributed by atoms with Gasteiger partial charge in [-0.3, -0.25) is 43.3 Å². The minimum absolute atomic E-state index is 0.0600. The van der Waals surface area contributed by atoms with Gasteiger partial charge in [-0.05, 0) is 108 Å². The molecule has 5 aromatic carbocycles. The number of allylic oxidation sites excluding steroid dienone is 8. The van der Waals surface area contributed by atoms with Crippen LogP contribution in [0.2, 0.25) is 0 Å². The zero-order chi connectivity index (χ0) is 64.2. The van der Waals surface area contributed by atoms with E-state index < -0.39 is 84.0 Å². The first-order valence-electron chi connectivity index (χ1n) is 30.0. The summed E-state index contributed by atoms with van der Waals surface area (Å²) in [6.45, 7) is 8.43. The van der Waals surface area contributed by atoms with Gasteiger partial charge in [0.2, 0.25) is 47.0 Å². The van der Waals surface area contributed by atoms with Crippen LogP contribution in [0.5, 0.6) is 0 Å². The summed E-state index contributed by atoms with van der Waals surface area (Å²) in [5.74, 6) is -6.69. The smallest absolute Gasteiger partial charge is 0.305 e. The highest BCUT2D eigenvalue weighted by Gasteiger charge is 2.44. The number of nitrogens with two attached hydrogens (primary N) is 3. The van der Waals surface area contributed by atoms with Crippen LogP contribution in [0.3, 0.4) is 0 Å². The van der Waals surface area contributed by atoms with E-state index in [1.165, 1.54) is 0 Å². The second-order valence-electron chi connectivity index (χ2n) is 23.9. The number of aliphatic carboxylic acids is 1. The zero-order valence-electron chi connectivity index (χ0n) is 51.3. The van der Waals surface area contributed by atoms with Crippen LogP contribution in [-0.2, 0) is 68.4 Å². The van der Waals surface area contributed by atoms with Crippen LogP contribution in [-0.4, -0.2) is 127 Å². The number of hydrogen-bond acceptors (Lipinski definition) is 10. The van der Waals surface area contributed by atoms with E-state index in [1.807, 2.05) is 67.8 Å². The summed E-state index contributed by atoms with van der Waals surface area (Å²) in [6, 6.07) is 23.4. The van der Waals surface area contributed by atoms with Crippen molar-refractivity contribution in [3.05, 3.63) is 167 Å². The number of fused-ring (bicyclic) bond motifs is 4. The summed E-state index contributed by atoms with van der Waals surface area (Å²) in [5, 5.41) is 29.8. The number of carboxylic acid groups (broad SMARTS) is 1. The Labute approximate surface area is 518 Å². The molecule has 21 nitrogen and oxygen atoms in total. The lowest BCUT2D eigenvalue weighted by atomic mass is 9.78. The molecule has 8 bridgehead atoms. The molecule has 5 aromatic rings. The molecule has 466 valence electrons. The lowest BCUT2D eigenvalue weighted by Gasteiger charge is -2.25. The van der Waals surface area contributed by atoms with Crippen LogP contribution in [0.1, 0.15) is 94.0 Å². The highest BCUT2D eigenvalue weighted by Crippen LogP contribution is 2.50. The van der Waals surface area contributed by atoms with Crippen molar-refractivity contribution in [2.24, 2.45) is 22.2 Å². The molecule has 7 amide bonds. The molecule has 4 atom stereocenters. The maximum absolute atomic E-state index is 14.1. The van der Waals surface area contributed by atoms with Crippen molar-refractivity contribution in [1.29, 1.82) is 0 Å². The third-order valence-corrected chi connectivity index (χ3v) is 16.7. The Morgan fingerprint density at radius 1 is 0.674 bits per heavy atom. The normalized spacial score (nSPS) is 22.4. The summed E-state index contributed by atoms with van der Waals surface area (Å²) in [6.07, 6.45) is 14.5. The van der Waals surface area contributed by atoms with Gasteiger partial charge in [0, 0.05) is 61.1 Å². The number of carbonyl (C=O) groups excluding carboxylic acids is 7. The van der Waals surface area contributed by atoms with Gasteiger partial charge in [0.15, 0.2) is 11.7 Å². The van der Waals surface area contributed by atoms with Crippen molar-refractivity contribution in [3.63, 3.8) is 0 Å². The van der Waals surface area contributed by atoms with Crippen molar-refractivity contribution in [1.82, 2.24) is 31.9 Å². The topological polar surface area (TPSA) is 326 Å². The first-order valence-corrected chi connectivity index (χ1v) is 30.0. The van der Waals surface area contributed by atoms with Crippen LogP contribution in [0.4, 0.5) is 11.4 Å². The Morgan fingerprint density at radius 2 is 1.30 bits per heavy atom. The van der Waals surface area contributed by atoms with Crippen molar-refractivity contribution < 1.29 is 48.0 Å². The highest BCUT2D eigenvalue weighted by molar-refractivity contribution is 6.08. The summed E-state index contributed by atoms with van der Waals surface area (Å²) < 4.78 is 2.18. The van der Waals surface area contributed by atoms with Gasteiger partial charge < -0.3 is 59.1 Å². The van der Waals surface area contributed by atoms with Crippen LogP contribution >= 0.6 is 0 Å². The molecule has 0 fully saturated rings. The summed E-state index contributed by atoms with van der Waals surface area (Å²) in [4.78, 5) is 114. The lowest BCUT2D eigenvalue weighted by Crippen LogP contribution is -2.58. The number of rotatable bonds is 9. The Bertz CT molecular complexity index is 3770. The maximum atomic E-state index is 14.1. The highest BCUT2D eigenvalue weighted by atomic mass is 16.4. The van der Waals surface area contributed by atoms with Crippen LogP contribution in [0, 0.1) is 0 Å². The SMILES string of the molecule is CN1/C2=C/C=C/C=C/C=C/C3=[N+](C)c4ccc5ccc(cc5c4C3(C)C)CC(=O)N[C@@H](CCCN=C(N)N)C(=O)NCC(=O)N[C@@H](CC(=O)O)C(=O)N[C@H](Cc3ccccc3)C(=O)N[C@H](C(N)=O)CCCCNC(=O)Cc3ccc4ccc1c(c4c3)C2(C)C. The molecule has 0 saturated heterocycles. The summed E-state index contributed by atoms with van der Waals surface area (Å²) in [7, 11) is 4.11. The minimum Gasteiger partial charge on any atom is -0.481 e. The van der Waals surface area contributed by atoms with Crippen LogP contribution < -0.4 is 54.0 Å². The molecule has 0 saturated carbocycles. The van der Waals surface area contributed by atoms with E-state index >= 15 is 0 Å². The van der Waals surface area contributed by atoms with Gasteiger partial charge in [0.1, 0.15) is 31.2 Å². The standard InChI is InChI=1S/C68H80N12O9/c1-67(2)54-22-13-8-7-9-14-23-55-68(3,4)61-47-35-43(25-27-45(47)29-31-53(61)80(55)6)38-57(82)75-49(21-17-33-73-66(70)71)63(87)74-40-58(83)76-51(39-59(84)85)65(89)78-50(36-41-18-11-10-12-19-41)64(88)77-48(62(69)86)20-15-16-32-72-56(81)37-42-24-26-44-28-30-52(79(54)5)60(67)46(44)34-42/h7-14,18-19,22-31,34-35,48-51H,15-17,20-21,32-33,36-40H2,1-6H3,(H12-,69,70,71,72,73,74,75,76,77,78,81,82,83,84,85,86,87,88,89)/p+1/t48-,49-,50+,51-/m0/s1. The molecule has 13 N–H and O–H groups in total. The van der Waals surface area contributed by atoms with Crippen molar-refractivity contribution in [3.8, 4) is 0 Å². The largest absolute Gasteiger partial charge is 0.481 e. The average molecular weight is 1210 g/mol. The molecule has 3 aliphatic heterocycles. The number of aliphatic imine (C=N–C) groups is 1. The number of carboxylic acids is 1. The molecular formula is C68H81N12O9+. The molecule has 0 aliphatic carbocycles. The Morgan fingerprint density at radius 3 is 1.99 bits per heavy atom. The summed E-state index contributed by atoms with van der Waals surface area (Å²) >= 11 is 0. The molecule has 3 heterocycles. The van der Waals surface area contributed by atoms with Gasteiger partial charge in [-0.15, -0.1) is 0 Å². The fourth-order valence-corrected chi connectivity index (χ4v) is 12.2. The monoisotopic (exact) mass is 1210 g/mol. The first-order chi connectivity index (χ1) is 42.4. The number of anilines is 1. The molecule has 21 heteroatoms. The number of carbonyl (C=O) groups is 8. The van der Waals surface area contributed by atoms with E-state index in [0.29, 0.717) is 24.0 Å². The second-order valence-corrected chi connectivity index (χ2v) is 23.9. The average Bonchev–Trinajstić information content (AvgIpc) is 1.61. The Hall–Kier alpha value is -9.92. The lowest BCUT2D eigenvalue weighted by molar-refractivity contribution is -0.401. The molecule has 0 unspecified atom stereocenters. The van der Waals surface area contributed by atoms with Gasteiger partial charge >= 0.3 is 5.97 Å². The molecule has 0 aromatic heterocycles. The Kier molecular flexibility index (Phi) is 21.0. The Balaban J connectivity index is 1.07. The van der Waals surface area contributed by atoms with Crippen molar-refractivity contribution in [2.75, 3.05) is 38.6 Å². The van der Waals surface area contributed by atoms with Crippen LogP contribution in [0.25, 0.3) is 21.5 Å². The second kappa shape index (κ2) is 28.7. The van der Waals surface area contributed by atoms with Gasteiger partial charge in [-0.1, -0.05) is 117 Å². The van der Waals surface area contributed by atoms with E-state index in [2.05, 4.69) is 124 Å². The molecular weight excluding hydrogens is 1130 g/mol. The predicted molar refractivity (Wildman–Crippen MR) is 345 cm³/mol. The minimum atomic E-state index is -1.74. The molecule has 0 spiro atoms. The quantitative estimate of drug-likeness (QED) is 0.0417. The van der Waals surface area contributed by atoms with Gasteiger partial charge in [-0.2, -0.15) is 4.58 Å². The molecule has 89 heavy (non-hydrogen) atoms. The number of likely N-dealkylation sites (N-methyl/N-ethyl adjacent to an activating group) is 1. The number of benzene rings is 5. The summed E-state index contributed by atoms with van der Waals surface area (Å²) in [5.41, 5.74) is 24.7. The number of hydrogen-bond donors (Lipinski definition) is 10. The van der Waals surface area contributed by atoms with E-state index in [4.69, 9.17) is 17.2 Å². The van der Waals surface area contributed by atoms with E-state index in [9.17, 15) is 43.5 Å². The van der Waals surface area contributed by atoms with Gasteiger partial charge in [0.05, 0.1) is 31.2 Å². The predicted octanol–water partition coefficient (Wildman–Crippen LogP) is 4.68. The number of nitrogens with zero attached hydrogens (tertiary/aromatic N) is 3. The number of amides is 7. The number of nitrogens with one attached hydrogen (secondary N) is 6. The fourth-order valence-electron chi connectivity index (χ4n) is 12.2. The molecule has 0 radical (unpaired) electrons. The van der Waals surface area contributed by atoms with E-state index in [-0.39, 0.29) is 68.9 Å². The van der Waals surface area contributed by atoms with Gasteiger partial charge in [-0.25, -0.2) is 0 Å². The van der Waals surface area contributed by atoms with Crippen molar-refractivity contribution >= 4 is 91.9 Å². The number of primary amides is 1. The maximum Gasteiger partial charge on any atom is 0.305 e. The van der Waals surface area contributed by atoms with Gasteiger partial charge in [0.25, 0.3) is 0 Å². The number of guanidine groups is 1. The van der Waals surface area contributed by atoms with Crippen LogP contribution in [0.15, 0.2) is 144 Å². The first kappa shape index (κ1) is 65.1. The van der Waals surface area contributed by atoms with E-state index in [0.717, 1.165) is 61.0 Å². The third-order valence-electron chi connectivity index (χ3n) is 16.7. The molecule has 3 aliphatic rings. The van der Waals surface area contributed by atoms with Crippen molar-refractivity contribution in [2.45, 2.75) is 120 Å². The fraction of sp³-hybridized carbons (Fsp3) is 0.353.